The van der Waals surface area contributed by atoms with Gasteiger partial charge < -0.3 is 19.6 Å². The molecule has 0 aliphatic carbocycles. The molecular formula is C21H20F2N3O5S-. The van der Waals surface area contributed by atoms with Gasteiger partial charge in [-0.3, -0.25) is 13.3 Å². The number of hydrogen-bond acceptors (Lipinski definition) is 5. The molecule has 32 heavy (non-hydrogen) atoms. The number of halogens is 2. The molecule has 170 valence electrons. The van der Waals surface area contributed by atoms with Gasteiger partial charge in [-0.25, -0.2) is 13.6 Å². The van der Waals surface area contributed by atoms with Gasteiger partial charge in [0.1, 0.15) is 11.6 Å². The van der Waals surface area contributed by atoms with Crippen LogP contribution in [0.1, 0.15) is 31.1 Å². The minimum atomic E-state index is -3.03. The molecule has 0 aliphatic heterocycles. The molecule has 2 aromatic carbocycles. The van der Waals surface area contributed by atoms with Crippen molar-refractivity contribution >= 4 is 51.1 Å². The summed E-state index contributed by atoms with van der Waals surface area (Å²) in [7, 11) is 1.01. The van der Waals surface area contributed by atoms with Crippen LogP contribution < -0.4 is 9.62 Å². The van der Waals surface area contributed by atoms with Crippen LogP contribution in [0.4, 0.5) is 25.8 Å². The second-order valence-corrected chi connectivity index (χ2v) is 8.72. The number of methoxy groups -OCH3 is 1. The molecule has 1 aromatic heterocycles. The third kappa shape index (κ3) is 4.48. The molecule has 0 spiro atoms. The van der Waals surface area contributed by atoms with E-state index in [1.165, 1.54) is 12.3 Å². The van der Waals surface area contributed by atoms with Gasteiger partial charge in [0, 0.05) is 34.3 Å². The zero-order chi connectivity index (χ0) is 23.8. The fraction of sp³-hybridized carbons (Fsp3) is 0.238. The van der Waals surface area contributed by atoms with E-state index < -0.39 is 45.5 Å². The number of aromatic amines is 1. The number of hydrogen-bond donors (Lipinski definition) is 2. The Balaban J connectivity index is 2.05. The van der Waals surface area contributed by atoms with Crippen molar-refractivity contribution < 1.29 is 31.9 Å². The smallest absolute Gasteiger partial charge is 0.340 e. The Kier molecular flexibility index (Phi) is 6.33. The Hall–Kier alpha value is -3.31. The van der Waals surface area contributed by atoms with Crippen molar-refractivity contribution in [3.05, 3.63) is 53.7 Å². The maximum absolute atomic E-state index is 14.7. The van der Waals surface area contributed by atoms with Crippen LogP contribution in [0.25, 0.3) is 10.9 Å². The van der Waals surface area contributed by atoms with E-state index in [1.807, 2.05) is 0 Å². The van der Waals surface area contributed by atoms with Gasteiger partial charge in [-0.15, -0.1) is 0 Å². The molecule has 3 rings (SSSR count). The summed E-state index contributed by atoms with van der Waals surface area (Å²) in [6, 6.07) is 5.87. The second kappa shape index (κ2) is 8.67. The number of nitrogens with one attached hydrogen (secondary N) is 2. The molecule has 0 saturated carbocycles. The average molecular weight is 464 g/mol. The molecule has 1 amide bonds. The summed E-state index contributed by atoms with van der Waals surface area (Å²) < 4.78 is 58.0. The number of carbonyl (C=O) groups excluding carboxylic acids is 2. The highest BCUT2D eigenvalue weighted by molar-refractivity contribution is 7.81. The minimum absolute atomic E-state index is 0.0196. The molecule has 8 nitrogen and oxygen atoms in total. The van der Waals surface area contributed by atoms with Crippen molar-refractivity contribution in [2.75, 3.05) is 16.7 Å². The van der Waals surface area contributed by atoms with Crippen LogP contribution >= 0.6 is 0 Å². The zero-order valence-electron chi connectivity index (χ0n) is 17.6. The van der Waals surface area contributed by atoms with E-state index in [2.05, 4.69) is 15.0 Å². The lowest BCUT2D eigenvalue weighted by Crippen LogP contribution is -2.27. The van der Waals surface area contributed by atoms with Crippen molar-refractivity contribution in [2.45, 2.75) is 20.8 Å². The van der Waals surface area contributed by atoms with Gasteiger partial charge in [-0.1, -0.05) is 20.8 Å². The topological polar surface area (TPSA) is 115 Å². The Morgan fingerprint density at radius 2 is 1.81 bits per heavy atom. The number of esters is 1. The van der Waals surface area contributed by atoms with E-state index in [0.29, 0.717) is 33.0 Å². The molecule has 2 N–H and O–H groups in total. The summed E-state index contributed by atoms with van der Waals surface area (Å²) >= 11 is -3.03. The summed E-state index contributed by atoms with van der Waals surface area (Å²) in [5, 5.41) is 3.13. The highest BCUT2D eigenvalue weighted by Crippen LogP contribution is 2.37. The van der Waals surface area contributed by atoms with Gasteiger partial charge >= 0.3 is 5.97 Å². The SMILES string of the molecule is COC(=O)c1cc(F)c(N(c2c[nH]c3cc(NC(=O)C(C)(C)C)ccc23)S(=O)[O-])cc1F. The van der Waals surface area contributed by atoms with Crippen LogP contribution in [0.5, 0.6) is 0 Å². The first kappa shape index (κ1) is 23.4. The molecule has 11 heteroatoms. The Labute approximate surface area is 185 Å². The largest absolute Gasteiger partial charge is 0.755 e. The lowest BCUT2D eigenvalue weighted by atomic mass is 9.95. The predicted molar refractivity (Wildman–Crippen MR) is 115 cm³/mol. The fourth-order valence-corrected chi connectivity index (χ4v) is 3.54. The molecule has 0 aliphatic rings. The van der Waals surface area contributed by atoms with Crippen LogP contribution in [-0.2, 0) is 20.8 Å². The second-order valence-electron chi connectivity index (χ2n) is 7.92. The highest BCUT2D eigenvalue weighted by atomic mass is 32.2. The van der Waals surface area contributed by atoms with Gasteiger partial charge in [0.05, 0.1) is 35.3 Å². The van der Waals surface area contributed by atoms with Crippen LogP contribution in [-0.4, -0.2) is 32.7 Å². The van der Waals surface area contributed by atoms with Crippen molar-refractivity contribution in [1.29, 1.82) is 0 Å². The van der Waals surface area contributed by atoms with Crippen molar-refractivity contribution in [1.82, 2.24) is 4.98 Å². The predicted octanol–water partition coefficient (Wildman–Crippen LogP) is 4.15. The Bertz CT molecular complexity index is 1240. The fourth-order valence-electron chi connectivity index (χ4n) is 2.92. The van der Waals surface area contributed by atoms with Crippen LogP contribution in [0.15, 0.2) is 36.5 Å². The van der Waals surface area contributed by atoms with Crippen LogP contribution in [0, 0.1) is 17.0 Å². The molecule has 0 radical (unpaired) electrons. The minimum Gasteiger partial charge on any atom is -0.755 e. The number of anilines is 3. The highest BCUT2D eigenvalue weighted by Gasteiger charge is 2.24. The number of ether oxygens (including phenoxy) is 1. The van der Waals surface area contributed by atoms with E-state index in [0.717, 1.165) is 7.11 Å². The molecule has 0 saturated heterocycles. The zero-order valence-corrected chi connectivity index (χ0v) is 18.4. The third-order valence-corrected chi connectivity index (χ3v) is 5.32. The molecular weight excluding hydrogens is 444 g/mol. The van der Waals surface area contributed by atoms with E-state index in [1.54, 1.807) is 32.9 Å². The maximum Gasteiger partial charge on any atom is 0.340 e. The standard InChI is InChI=1S/C21H21F2N3O5S/c1-21(2,3)20(28)25-11-5-6-12-16(7-11)24-10-18(12)26(32(29)30)17-9-14(22)13(8-15(17)23)19(27)31-4/h5-10,24H,1-4H3,(H,25,28)(H,29,30)/p-1. The van der Waals surface area contributed by atoms with Crippen molar-refractivity contribution in [3.8, 4) is 0 Å². The van der Waals surface area contributed by atoms with E-state index in [9.17, 15) is 27.1 Å². The summed E-state index contributed by atoms with van der Waals surface area (Å²) in [6.45, 7) is 5.27. The first-order valence-corrected chi connectivity index (χ1v) is 10.4. The van der Waals surface area contributed by atoms with Crippen molar-refractivity contribution in [2.24, 2.45) is 5.41 Å². The molecule has 0 bridgehead atoms. The number of aromatic nitrogens is 1. The Morgan fingerprint density at radius 1 is 1.12 bits per heavy atom. The van der Waals surface area contributed by atoms with E-state index >= 15 is 0 Å². The number of fused-ring (bicyclic) bond motifs is 1. The number of H-pyrrole nitrogens is 1. The third-order valence-electron chi connectivity index (χ3n) is 4.63. The molecule has 1 heterocycles. The van der Waals surface area contributed by atoms with Gasteiger partial charge in [0.15, 0.2) is 0 Å². The lowest BCUT2D eigenvalue weighted by Gasteiger charge is -2.26. The Morgan fingerprint density at radius 3 is 2.41 bits per heavy atom. The number of rotatable bonds is 5. The molecule has 0 fully saturated rings. The number of benzene rings is 2. The van der Waals surface area contributed by atoms with Gasteiger partial charge in [0.25, 0.3) is 0 Å². The van der Waals surface area contributed by atoms with Crippen LogP contribution in [0.2, 0.25) is 0 Å². The number of amides is 1. The maximum atomic E-state index is 14.7. The van der Waals surface area contributed by atoms with E-state index in [-0.39, 0.29) is 11.6 Å². The molecule has 1 atom stereocenters. The lowest BCUT2D eigenvalue weighted by molar-refractivity contribution is -0.123. The number of carbonyl (C=O) groups is 2. The summed E-state index contributed by atoms with van der Waals surface area (Å²) in [6.07, 6.45) is 1.31. The monoisotopic (exact) mass is 464 g/mol. The van der Waals surface area contributed by atoms with Gasteiger partial charge in [-0.2, -0.15) is 0 Å². The normalized spacial score (nSPS) is 12.5. The average Bonchev–Trinajstić information content (AvgIpc) is 3.11. The summed E-state index contributed by atoms with van der Waals surface area (Å²) in [5.41, 5.74) is -0.956. The van der Waals surface area contributed by atoms with Gasteiger partial charge in [0.2, 0.25) is 5.91 Å². The summed E-state index contributed by atoms with van der Waals surface area (Å²) in [4.78, 5) is 26.6. The van der Waals surface area contributed by atoms with Crippen molar-refractivity contribution in [3.63, 3.8) is 0 Å². The summed E-state index contributed by atoms with van der Waals surface area (Å²) in [5.74, 6) is -3.59. The first-order chi connectivity index (χ1) is 14.9. The number of nitrogens with zero attached hydrogens (tertiary/aromatic N) is 1. The van der Waals surface area contributed by atoms with E-state index in [4.69, 9.17) is 0 Å². The first-order valence-electron chi connectivity index (χ1n) is 9.33. The van der Waals surface area contributed by atoms with Crippen LogP contribution in [0.3, 0.4) is 0 Å². The molecule has 1 unspecified atom stereocenters. The quantitative estimate of drug-likeness (QED) is 0.435. The molecule has 3 aromatic rings. The van der Waals surface area contributed by atoms with Gasteiger partial charge in [-0.05, 0) is 24.3 Å².